The van der Waals surface area contributed by atoms with E-state index in [1.807, 2.05) is 24.3 Å². The number of benzene rings is 8. The Morgan fingerprint density at radius 1 is 0.238 bits per heavy atom. The van der Waals surface area contributed by atoms with E-state index in [1.54, 1.807) is 0 Å². The van der Waals surface area contributed by atoms with Crippen molar-refractivity contribution in [1.29, 1.82) is 0 Å². The highest BCUT2D eigenvalue weighted by atomic mass is 15.0. The van der Waals surface area contributed by atoms with E-state index in [-0.39, 0.29) is 0 Å². The van der Waals surface area contributed by atoms with Gasteiger partial charge in [-0.2, -0.15) is 0 Å². The van der Waals surface area contributed by atoms with Gasteiger partial charge in [-0.05, 0) is 80.9 Å². The third kappa shape index (κ3) is 7.60. The van der Waals surface area contributed by atoms with Gasteiger partial charge in [0.2, 0.25) is 0 Å². The zero-order valence-corrected chi connectivity index (χ0v) is 34.3. The number of hydrogen-bond donors (Lipinski definition) is 0. The van der Waals surface area contributed by atoms with Crippen LogP contribution in [0.15, 0.2) is 237 Å². The number of hydrogen-bond acceptors (Lipinski definition) is 4. The molecule has 11 rings (SSSR count). The quantitative estimate of drug-likeness (QED) is 0.146. The lowest BCUT2D eigenvalue weighted by Crippen LogP contribution is -2.00. The second kappa shape index (κ2) is 16.5. The first kappa shape index (κ1) is 37.5. The third-order valence-electron chi connectivity index (χ3n) is 11.5. The lowest BCUT2D eigenvalue weighted by molar-refractivity contribution is 1.07. The molecule has 0 saturated heterocycles. The molecule has 0 fully saturated rings. The van der Waals surface area contributed by atoms with Crippen LogP contribution in [0.25, 0.3) is 107 Å². The van der Waals surface area contributed by atoms with Gasteiger partial charge in [-0.25, -0.2) is 19.9 Å². The van der Waals surface area contributed by atoms with E-state index in [0.717, 1.165) is 89.4 Å². The maximum atomic E-state index is 5.17. The average Bonchev–Trinajstić information content (AvgIpc) is 3.77. The molecule has 5 nitrogen and oxygen atoms in total. The lowest BCUT2D eigenvalue weighted by atomic mass is 9.93. The Kier molecular flexibility index (Phi) is 9.80. The van der Waals surface area contributed by atoms with Gasteiger partial charge in [0.15, 0.2) is 17.5 Å². The molecule has 8 aromatic carbocycles. The molecule has 0 saturated carbocycles. The van der Waals surface area contributed by atoms with Gasteiger partial charge in [-0.1, -0.05) is 194 Å². The summed E-state index contributed by atoms with van der Waals surface area (Å²) in [4.78, 5) is 20.6. The molecule has 0 unspecified atom stereocenters. The Labute approximate surface area is 366 Å². The van der Waals surface area contributed by atoms with Gasteiger partial charge >= 0.3 is 0 Å². The molecule has 63 heavy (non-hydrogen) atoms. The number of pyridine rings is 1. The molecule has 296 valence electrons. The highest BCUT2D eigenvalue weighted by Gasteiger charge is 2.19. The smallest absolute Gasteiger partial charge is 0.164 e. The van der Waals surface area contributed by atoms with Gasteiger partial charge in [0.1, 0.15) is 5.65 Å². The predicted octanol–water partition coefficient (Wildman–Crippen LogP) is 14.5. The van der Waals surface area contributed by atoms with Gasteiger partial charge in [-0.15, -0.1) is 0 Å². The summed E-state index contributed by atoms with van der Waals surface area (Å²) >= 11 is 0. The van der Waals surface area contributed by atoms with Crippen LogP contribution in [0.1, 0.15) is 0 Å². The number of imidazole rings is 1. The number of nitrogens with zero attached hydrogens (tertiary/aromatic N) is 5. The minimum Gasteiger partial charge on any atom is -0.299 e. The van der Waals surface area contributed by atoms with Crippen molar-refractivity contribution in [2.24, 2.45) is 0 Å². The van der Waals surface area contributed by atoms with Crippen molar-refractivity contribution >= 4 is 5.65 Å². The molecule has 0 aliphatic rings. The molecule has 3 aromatic heterocycles. The average molecular weight is 806 g/mol. The Morgan fingerprint density at radius 2 is 0.603 bits per heavy atom. The van der Waals surface area contributed by atoms with E-state index in [9.17, 15) is 0 Å². The van der Waals surface area contributed by atoms with E-state index in [4.69, 9.17) is 19.9 Å². The first-order valence-corrected chi connectivity index (χ1v) is 21.1. The van der Waals surface area contributed by atoms with Crippen molar-refractivity contribution in [2.45, 2.75) is 0 Å². The Morgan fingerprint density at radius 3 is 1.14 bits per heavy atom. The zero-order chi connectivity index (χ0) is 42.0. The van der Waals surface area contributed by atoms with Crippen LogP contribution < -0.4 is 0 Å². The highest BCUT2D eigenvalue weighted by Crippen LogP contribution is 2.39. The van der Waals surface area contributed by atoms with Crippen LogP contribution in [-0.4, -0.2) is 24.3 Å². The standard InChI is InChI=1S/C58H39N5/c1-5-16-40(17-6-1)43-27-31-46(32-28-43)56-60-57(47-33-29-44(30-34-47)41-18-7-2-8-19-41)62-58(61-56)49-25-15-24-48(36-49)51-37-50(42-20-9-3-10-21-42)38-52(39-51)55-54(45-22-11-4-12-23-45)59-53-26-13-14-35-63(53)55/h1-39H. The monoisotopic (exact) mass is 805 g/mol. The molecule has 0 N–H and O–H groups in total. The summed E-state index contributed by atoms with van der Waals surface area (Å²) in [6, 6.07) is 80.3. The number of fused-ring (bicyclic) bond motifs is 1. The van der Waals surface area contributed by atoms with Crippen LogP contribution in [0.2, 0.25) is 0 Å². The summed E-state index contributed by atoms with van der Waals surface area (Å²) in [6.45, 7) is 0. The van der Waals surface area contributed by atoms with Crippen LogP contribution in [0.5, 0.6) is 0 Å². The SMILES string of the molecule is c1ccc(-c2ccc(-c3nc(-c4ccc(-c5ccccc5)cc4)nc(-c4cccc(-c5cc(-c6ccccc6)cc(-c6c(-c7ccccc7)nc7ccccn67)c5)c4)n3)cc2)cc1. The normalized spacial score (nSPS) is 11.2. The molecule has 0 spiro atoms. The zero-order valence-electron chi connectivity index (χ0n) is 34.3. The molecule has 3 heterocycles. The van der Waals surface area contributed by atoms with Crippen molar-refractivity contribution in [3.8, 4) is 101 Å². The van der Waals surface area contributed by atoms with Crippen LogP contribution in [0.3, 0.4) is 0 Å². The summed E-state index contributed by atoms with van der Waals surface area (Å²) < 4.78 is 2.19. The van der Waals surface area contributed by atoms with E-state index in [0.29, 0.717) is 17.5 Å². The van der Waals surface area contributed by atoms with Crippen molar-refractivity contribution in [2.75, 3.05) is 0 Å². The Bertz CT molecular complexity index is 3240. The highest BCUT2D eigenvalue weighted by molar-refractivity contribution is 5.88. The number of aromatic nitrogens is 5. The van der Waals surface area contributed by atoms with Gasteiger partial charge in [0.05, 0.1) is 11.4 Å². The van der Waals surface area contributed by atoms with Crippen molar-refractivity contribution in [3.63, 3.8) is 0 Å². The van der Waals surface area contributed by atoms with Crippen molar-refractivity contribution in [3.05, 3.63) is 237 Å². The summed E-state index contributed by atoms with van der Waals surface area (Å²) in [5.41, 5.74) is 16.7. The van der Waals surface area contributed by atoms with Crippen LogP contribution in [-0.2, 0) is 0 Å². The largest absolute Gasteiger partial charge is 0.299 e. The summed E-state index contributed by atoms with van der Waals surface area (Å²) in [7, 11) is 0. The first-order chi connectivity index (χ1) is 31.2. The fourth-order valence-electron chi connectivity index (χ4n) is 8.28. The van der Waals surface area contributed by atoms with E-state index in [2.05, 4.69) is 217 Å². The van der Waals surface area contributed by atoms with Gasteiger partial charge in [0.25, 0.3) is 0 Å². The summed E-state index contributed by atoms with van der Waals surface area (Å²) in [5, 5.41) is 0. The Balaban J connectivity index is 1.05. The second-order valence-electron chi connectivity index (χ2n) is 15.5. The number of rotatable bonds is 9. The molecule has 11 aromatic rings. The van der Waals surface area contributed by atoms with Gasteiger partial charge in [0, 0.05) is 34.0 Å². The molecule has 0 radical (unpaired) electrons. The fourth-order valence-corrected chi connectivity index (χ4v) is 8.28. The molecular weight excluding hydrogens is 767 g/mol. The molecule has 0 atom stereocenters. The van der Waals surface area contributed by atoms with Gasteiger partial charge in [-0.3, -0.25) is 4.40 Å². The topological polar surface area (TPSA) is 56.0 Å². The van der Waals surface area contributed by atoms with Crippen molar-refractivity contribution in [1.82, 2.24) is 24.3 Å². The van der Waals surface area contributed by atoms with Crippen LogP contribution in [0, 0.1) is 0 Å². The minimum absolute atomic E-state index is 0.601. The van der Waals surface area contributed by atoms with E-state index < -0.39 is 0 Å². The lowest BCUT2D eigenvalue weighted by Gasteiger charge is -2.14. The minimum atomic E-state index is 0.601. The summed E-state index contributed by atoms with van der Waals surface area (Å²) in [5.74, 6) is 1.83. The maximum Gasteiger partial charge on any atom is 0.164 e. The maximum absolute atomic E-state index is 5.17. The Hall–Kier alpha value is -8.54. The molecule has 0 aliphatic carbocycles. The molecule has 0 aliphatic heterocycles. The molecule has 5 heteroatoms. The molecule has 0 amide bonds. The first-order valence-electron chi connectivity index (χ1n) is 21.1. The van der Waals surface area contributed by atoms with E-state index in [1.165, 1.54) is 0 Å². The molecular formula is C58H39N5. The van der Waals surface area contributed by atoms with Gasteiger partial charge < -0.3 is 0 Å². The van der Waals surface area contributed by atoms with Crippen molar-refractivity contribution < 1.29 is 0 Å². The van der Waals surface area contributed by atoms with Crippen LogP contribution in [0.4, 0.5) is 0 Å². The summed E-state index contributed by atoms with van der Waals surface area (Å²) in [6.07, 6.45) is 2.10. The second-order valence-corrected chi connectivity index (χ2v) is 15.5. The fraction of sp³-hybridized carbons (Fsp3) is 0. The third-order valence-corrected chi connectivity index (χ3v) is 11.5. The van der Waals surface area contributed by atoms with Crippen LogP contribution >= 0.6 is 0 Å². The molecule has 0 bridgehead atoms. The van der Waals surface area contributed by atoms with E-state index >= 15 is 0 Å². The predicted molar refractivity (Wildman–Crippen MR) is 258 cm³/mol.